The Hall–Kier alpha value is -1.59. The fourth-order valence-corrected chi connectivity index (χ4v) is 3.90. The topological polar surface area (TPSA) is 72.8 Å². The fourth-order valence-electron chi connectivity index (χ4n) is 3.90. The number of likely N-dealkylation sites (tertiary alicyclic amines) is 1. The van der Waals surface area contributed by atoms with Gasteiger partial charge in [0.2, 0.25) is 0 Å². The predicted molar refractivity (Wildman–Crippen MR) is 88.0 cm³/mol. The number of aryl methyl sites for hydroxylation is 1. The molecule has 0 aromatic heterocycles. The third-order valence-electron chi connectivity index (χ3n) is 5.21. The van der Waals surface area contributed by atoms with Crippen molar-refractivity contribution in [3.05, 3.63) is 35.4 Å². The zero-order valence-corrected chi connectivity index (χ0v) is 13.6. The Balaban J connectivity index is 1.79. The van der Waals surface area contributed by atoms with E-state index in [1.54, 1.807) is 4.90 Å². The predicted octanol–water partition coefficient (Wildman–Crippen LogP) is 1.84. The van der Waals surface area contributed by atoms with Crippen molar-refractivity contribution in [1.29, 1.82) is 0 Å². The average Bonchev–Trinajstić information content (AvgIpc) is 2.86. The van der Waals surface area contributed by atoms with Crippen LogP contribution in [0.4, 0.5) is 4.79 Å². The quantitative estimate of drug-likeness (QED) is 0.729. The molecule has 0 saturated carbocycles. The second-order valence-corrected chi connectivity index (χ2v) is 6.87. The molecule has 23 heavy (non-hydrogen) atoms. The Morgan fingerprint density at radius 3 is 2.96 bits per heavy atom. The largest absolute Gasteiger partial charge is 0.394 e. The SMILES string of the molecule is C[C@@H]1CCCc2ccccc2[C@H]1NC(=O)N1C[C@@H](O)C[C@H]1CO. The molecule has 4 atom stereocenters. The number of hydrogen-bond donors (Lipinski definition) is 3. The molecule has 0 bridgehead atoms. The molecule has 126 valence electrons. The number of aliphatic hydroxyl groups is 2. The molecule has 2 amide bonds. The molecule has 5 nitrogen and oxygen atoms in total. The van der Waals surface area contributed by atoms with Gasteiger partial charge in [-0.1, -0.05) is 31.2 Å². The van der Waals surface area contributed by atoms with E-state index in [-0.39, 0.29) is 24.7 Å². The molecule has 0 radical (unpaired) electrons. The Morgan fingerprint density at radius 1 is 1.39 bits per heavy atom. The van der Waals surface area contributed by atoms with Gasteiger partial charge in [-0.3, -0.25) is 0 Å². The number of β-amino-alcohol motifs (C(OH)–C–C–N with tert-alkyl or cyclic N) is 1. The van der Waals surface area contributed by atoms with Crippen LogP contribution in [0.1, 0.15) is 43.4 Å². The first-order chi connectivity index (χ1) is 11.1. The summed E-state index contributed by atoms with van der Waals surface area (Å²) in [6.45, 7) is 2.36. The summed E-state index contributed by atoms with van der Waals surface area (Å²) >= 11 is 0. The monoisotopic (exact) mass is 318 g/mol. The van der Waals surface area contributed by atoms with E-state index in [0.29, 0.717) is 18.9 Å². The van der Waals surface area contributed by atoms with Gasteiger partial charge in [-0.15, -0.1) is 0 Å². The van der Waals surface area contributed by atoms with Crippen molar-refractivity contribution in [2.45, 2.75) is 50.8 Å². The van der Waals surface area contributed by atoms with Crippen molar-refractivity contribution in [3.8, 4) is 0 Å². The Labute approximate surface area is 137 Å². The zero-order chi connectivity index (χ0) is 16.4. The summed E-state index contributed by atoms with van der Waals surface area (Å²) < 4.78 is 0. The Morgan fingerprint density at radius 2 is 2.17 bits per heavy atom. The smallest absolute Gasteiger partial charge is 0.318 e. The molecule has 1 aliphatic carbocycles. The van der Waals surface area contributed by atoms with Gasteiger partial charge in [0.15, 0.2) is 0 Å². The number of carbonyl (C=O) groups excluding carboxylic acids is 1. The Bertz CT molecular complexity index is 563. The van der Waals surface area contributed by atoms with Crippen LogP contribution in [0.15, 0.2) is 24.3 Å². The van der Waals surface area contributed by atoms with E-state index in [2.05, 4.69) is 24.4 Å². The van der Waals surface area contributed by atoms with Crippen LogP contribution < -0.4 is 5.32 Å². The van der Waals surface area contributed by atoms with Gasteiger partial charge in [0, 0.05) is 6.54 Å². The van der Waals surface area contributed by atoms with Gasteiger partial charge in [-0.25, -0.2) is 4.79 Å². The highest BCUT2D eigenvalue weighted by Gasteiger charge is 2.36. The first-order valence-corrected chi connectivity index (χ1v) is 8.54. The number of carbonyl (C=O) groups is 1. The van der Waals surface area contributed by atoms with Gasteiger partial charge < -0.3 is 20.4 Å². The number of nitrogens with one attached hydrogen (secondary N) is 1. The van der Waals surface area contributed by atoms with E-state index in [4.69, 9.17) is 0 Å². The second kappa shape index (κ2) is 6.89. The van der Waals surface area contributed by atoms with Crippen molar-refractivity contribution < 1.29 is 15.0 Å². The molecule has 3 N–H and O–H groups in total. The van der Waals surface area contributed by atoms with Crippen LogP contribution in [-0.4, -0.2) is 46.4 Å². The van der Waals surface area contributed by atoms with Crippen LogP contribution in [-0.2, 0) is 6.42 Å². The molecule has 5 heteroatoms. The van der Waals surface area contributed by atoms with E-state index in [1.165, 1.54) is 11.1 Å². The number of nitrogens with zero attached hydrogens (tertiary/aromatic N) is 1. The number of amides is 2. The summed E-state index contributed by atoms with van der Waals surface area (Å²) in [7, 11) is 0. The van der Waals surface area contributed by atoms with E-state index >= 15 is 0 Å². The Kier molecular flexibility index (Phi) is 4.87. The van der Waals surface area contributed by atoms with Gasteiger partial charge in [0.05, 0.1) is 24.8 Å². The minimum absolute atomic E-state index is 0.0155. The van der Waals surface area contributed by atoms with Crippen LogP contribution in [0.2, 0.25) is 0 Å². The summed E-state index contributed by atoms with van der Waals surface area (Å²) in [6, 6.07) is 7.82. The summed E-state index contributed by atoms with van der Waals surface area (Å²) in [5.41, 5.74) is 2.51. The van der Waals surface area contributed by atoms with E-state index in [0.717, 1.165) is 19.3 Å². The molecule has 1 saturated heterocycles. The molecule has 1 heterocycles. The first kappa shape index (κ1) is 16.3. The maximum Gasteiger partial charge on any atom is 0.318 e. The summed E-state index contributed by atoms with van der Waals surface area (Å²) in [6.07, 6.45) is 3.16. The van der Waals surface area contributed by atoms with Crippen molar-refractivity contribution >= 4 is 6.03 Å². The number of urea groups is 1. The van der Waals surface area contributed by atoms with Gasteiger partial charge >= 0.3 is 6.03 Å². The van der Waals surface area contributed by atoms with Crippen LogP contribution in [0.5, 0.6) is 0 Å². The lowest BCUT2D eigenvalue weighted by Crippen LogP contribution is -2.46. The first-order valence-electron chi connectivity index (χ1n) is 8.54. The minimum Gasteiger partial charge on any atom is -0.394 e. The zero-order valence-electron chi connectivity index (χ0n) is 13.6. The molecule has 0 unspecified atom stereocenters. The lowest BCUT2D eigenvalue weighted by atomic mass is 9.92. The van der Waals surface area contributed by atoms with Crippen LogP contribution in [0.25, 0.3) is 0 Å². The van der Waals surface area contributed by atoms with Gasteiger partial charge in [-0.05, 0) is 42.7 Å². The van der Waals surface area contributed by atoms with E-state index in [1.807, 2.05) is 12.1 Å². The summed E-state index contributed by atoms with van der Waals surface area (Å²) in [5, 5.41) is 22.4. The van der Waals surface area contributed by atoms with Crippen molar-refractivity contribution in [1.82, 2.24) is 10.2 Å². The second-order valence-electron chi connectivity index (χ2n) is 6.87. The minimum atomic E-state index is -0.545. The fraction of sp³-hybridized carbons (Fsp3) is 0.611. The molecular weight excluding hydrogens is 292 g/mol. The van der Waals surface area contributed by atoms with Gasteiger partial charge in [0.25, 0.3) is 0 Å². The number of fused-ring (bicyclic) bond motifs is 1. The maximum absolute atomic E-state index is 12.7. The molecular formula is C18H26N2O3. The van der Waals surface area contributed by atoms with Crippen molar-refractivity contribution in [2.75, 3.05) is 13.2 Å². The standard InChI is InChI=1S/C18H26N2O3/c1-12-5-4-7-13-6-2-3-8-16(13)17(12)19-18(23)20-10-15(22)9-14(20)11-21/h2-3,6,8,12,14-15,17,21-22H,4-5,7,9-11H2,1H3,(H,19,23)/t12-,14+,15+,17+/m1/s1. The number of benzene rings is 1. The van der Waals surface area contributed by atoms with Gasteiger partial charge in [0.1, 0.15) is 0 Å². The molecule has 3 rings (SSSR count). The van der Waals surface area contributed by atoms with Crippen LogP contribution >= 0.6 is 0 Å². The van der Waals surface area contributed by atoms with Crippen molar-refractivity contribution in [3.63, 3.8) is 0 Å². The highest BCUT2D eigenvalue weighted by atomic mass is 16.3. The number of aliphatic hydroxyl groups excluding tert-OH is 2. The molecule has 2 aliphatic rings. The van der Waals surface area contributed by atoms with E-state index in [9.17, 15) is 15.0 Å². The molecule has 1 aromatic carbocycles. The lowest BCUT2D eigenvalue weighted by molar-refractivity contribution is 0.149. The third-order valence-corrected chi connectivity index (χ3v) is 5.21. The average molecular weight is 318 g/mol. The lowest BCUT2D eigenvalue weighted by Gasteiger charge is -2.30. The highest BCUT2D eigenvalue weighted by molar-refractivity contribution is 5.75. The molecule has 1 fully saturated rings. The third kappa shape index (κ3) is 3.35. The summed E-state index contributed by atoms with van der Waals surface area (Å²) in [4.78, 5) is 14.3. The normalized spacial score (nSPS) is 30.7. The van der Waals surface area contributed by atoms with Crippen LogP contribution in [0.3, 0.4) is 0 Å². The number of hydrogen-bond acceptors (Lipinski definition) is 3. The summed E-state index contributed by atoms with van der Waals surface area (Å²) in [5.74, 6) is 0.364. The highest BCUT2D eigenvalue weighted by Crippen LogP contribution is 2.33. The van der Waals surface area contributed by atoms with Crippen LogP contribution in [0, 0.1) is 5.92 Å². The molecule has 0 spiro atoms. The van der Waals surface area contributed by atoms with Crippen molar-refractivity contribution in [2.24, 2.45) is 5.92 Å². The number of rotatable bonds is 2. The van der Waals surface area contributed by atoms with E-state index < -0.39 is 6.10 Å². The molecule has 1 aliphatic heterocycles. The van der Waals surface area contributed by atoms with Gasteiger partial charge in [-0.2, -0.15) is 0 Å². The maximum atomic E-state index is 12.7. The molecule has 1 aromatic rings.